The van der Waals surface area contributed by atoms with Crippen LogP contribution >= 0.6 is 0 Å². The summed E-state index contributed by atoms with van der Waals surface area (Å²) in [6.07, 6.45) is 7.95. The highest BCUT2D eigenvalue weighted by atomic mass is 32.2. The van der Waals surface area contributed by atoms with E-state index in [0.29, 0.717) is 26.2 Å². The Morgan fingerprint density at radius 3 is 2.50 bits per heavy atom. The van der Waals surface area contributed by atoms with Gasteiger partial charge in [-0.1, -0.05) is 30.7 Å². The number of para-hydroxylation sites is 1. The molecule has 0 aliphatic carbocycles. The van der Waals surface area contributed by atoms with Gasteiger partial charge in [0.1, 0.15) is 0 Å². The average molecular weight is 345 g/mol. The highest BCUT2D eigenvalue weighted by Gasteiger charge is 2.31. The van der Waals surface area contributed by atoms with Gasteiger partial charge < -0.3 is 4.98 Å². The van der Waals surface area contributed by atoms with Crippen molar-refractivity contribution in [3.05, 3.63) is 42.1 Å². The van der Waals surface area contributed by atoms with Crippen LogP contribution in [0.5, 0.6) is 0 Å². The van der Waals surface area contributed by atoms with Gasteiger partial charge in [0.05, 0.1) is 0 Å². The second-order valence-corrected chi connectivity index (χ2v) is 8.48. The van der Waals surface area contributed by atoms with Crippen molar-refractivity contribution in [2.45, 2.75) is 25.7 Å². The Balaban J connectivity index is 1.55. The molecule has 1 N–H and O–H groups in total. The molecule has 0 amide bonds. The zero-order valence-electron chi connectivity index (χ0n) is 13.7. The van der Waals surface area contributed by atoms with Gasteiger partial charge >= 0.3 is 0 Å². The summed E-state index contributed by atoms with van der Waals surface area (Å²) in [7, 11) is -3.31. The van der Waals surface area contributed by atoms with Crippen LogP contribution in [0.1, 0.15) is 31.2 Å². The second-order valence-electron chi connectivity index (χ2n) is 6.55. The van der Waals surface area contributed by atoms with Crippen molar-refractivity contribution in [1.82, 2.24) is 13.6 Å². The van der Waals surface area contributed by atoms with Crippen LogP contribution in [0.3, 0.4) is 0 Å². The molecule has 4 rings (SSSR count). The number of fused-ring (bicyclic) bond motifs is 1. The van der Waals surface area contributed by atoms with Gasteiger partial charge in [0.25, 0.3) is 10.2 Å². The summed E-state index contributed by atoms with van der Waals surface area (Å²) in [5.41, 5.74) is 3.55. The van der Waals surface area contributed by atoms with Crippen molar-refractivity contribution in [2.24, 2.45) is 0 Å². The van der Waals surface area contributed by atoms with E-state index in [2.05, 4.69) is 23.2 Å². The molecule has 0 bridgehead atoms. The third-order valence-corrected chi connectivity index (χ3v) is 7.08. The first kappa shape index (κ1) is 15.9. The maximum Gasteiger partial charge on any atom is 0.282 e. The Hall–Kier alpha value is -1.63. The molecule has 0 unspecified atom stereocenters. The lowest BCUT2D eigenvalue weighted by Gasteiger charge is -2.33. The van der Waals surface area contributed by atoms with E-state index >= 15 is 0 Å². The van der Waals surface area contributed by atoms with Crippen LogP contribution < -0.4 is 0 Å². The fraction of sp³-hybridized carbons (Fsp3) is 0.444. The minimum Gasteiger partial charge on any atom is -0.361 e. The molecule has 24 heavy (non-hydrogen) atoms. The topological polar surface area (TPSA) is 56.4 Å². The van der Waals surface area contributed by atoms with Gasteiger partial charge in [-0.15, -0.1) is 0 Å². The number of benzene rings is 1. The SMILES string of the molecule is O=S(=O)(N1CC=C(c2c[nH]c3ccccc23)CC1)N1CCCCC1. The Kier molecular flexibility index (Phi) is 4.20. The maximum absolute atomic E-state index is 12.8. The van der Waals surface area contributed by atoms with Crippen LogP contribution in [-0.4, -0.2) is 48.2 Å². The Labute approximate surface area is 143 Å². The van der Waals surface area contributed by atoms with E-state index in [0.717, 1.165) is 31.2 Å². The van der Waals surface area contributed by atoms with Crippen LogP contribution in [-0.2, 0) is 10.2 Å². The van der Waals surface area contributed by atoms with Crippen molar-refractivity contribution in [2.75, 3.05) is 26.2 Å². The van der Waals surface area contributed by atoms with Crippen LogP contribution in [0.4, 0.5) is 0 Å². The summed E-state index contributed by atoms with van der Waals surface area (Å²) in [4.78, 5) is 3.30. The summed E-state index contributed by atoms with van der Waals surface area (Å²) in [5.74, 6) is 0. The van der Waals surface area contributed by atoms with Gasteiger partial charge in [-0.05, 0) is 30.9 Å². The number of hydrogen-bond acceptors (Lipinski definition) is 2. The average Bonchev–Trinajstić information content (AvgIpc) is 3.07. The summed E-state index contributed by atoms with van der Waals surface area (Å²) in [6, 6.07) is 8.23. The summed E-state index contributed by atoms with van der Waals surface area (Å²) in [5, 5.41) is 1.20. The number of nitrogens with zero attached hydrogens (tertiary/aromatic N) is 2. The summed E-state index contributed by atoms with van der Waals surface area (Å²) < 4.78 is 28.8. The van der Waals surface area contributed by atoms with E-state index < -0.39 is 10.2 Å². The van der Waals surface area contributed by atoms with E-state index in [1.165, 1.54) is 16.5 Å². The zero-order valence-corrected chi connectivity index (χ0v) is 14.6. The second kappa shape index (κ2) is 6.35. The largest absolute Gasteiger partial charge is 0.361 e. The number of piperidine rings is 1. The molecule has 6 heteroatoms. The molecule has 0 radical (unpaired) electrons. The maximum atomic E-state index is 12.8. The third kappa shape index (κ3) is 2.79. The minimum atomic E-state index is -3.31. The van der Waals surface area contributed by atoms with E-state index in [1.807, 2.05) is 18.3 Å². The molecule has 5 nitrogen and oxygen atoms in total. The number of hydrogen-bond donors (Lipinski definition) is 1. The van der Waals surface area contributed by atoms with Crippen molar-refractivity contribution < 1.29 is 8.42 Å². The number of aromatic amines is 1. The standard InChI is InChI=1S/C18H23N3O2S/c22-24(23,20-10-4-1-5-11-20)21-12-8-15(9-13-21)17-14-19-18-7-3-2-6-16(17)18/h2-3,6-8,14,19H,1,4-5,9-13H2. The highest BCUT2D eigenvalue weighted by molar-refractivity contribution is 7.86. The number of aromatic nitrogens is 1. The highest BCUT2D eigenvalue weighted by Crippen LogP contribution is 2.30. The number of nitrogens with one attached hydrogen (secondary N) is 1. The van der Waals surface area contributed by atoms with Gasteiger partial charge in [0.2, 0.25) is 0 Å². The lowest BCUT2D eigenvalue weighted by molar-refractivity contribution is 0.309. The quantitative estimate of drug-likeness (QED) is 0.930. The molecule has 2 aliphatic heterocycles. The van der Waals surface area contributed by atoms with Gasteiger partial charge in [0, 0.05) is 48.8 Å². The minimum absolute atomic E-state index is 0.466. The molecule has 1 saturated heterocycles. The van der Waals surface area contributed by atoms with Crippen molar-refractivity contribution in [3.8, 4) is 0 Å². The fourth-order valence-corrected chi connectivity index (χ4v) is 5.33. The fourth-order valence-electron chi connectivity index (χ4n) is 3.70. The predicted octanol–water partition coefficient (Wildman–Crippen LogP) is 2.99. The molecule has 0 spiro atoms. The molecule has 1 aromatic heterocycles. The van der Waals surface area contributed by atoms with E-state index in [4.69, 9.17) is 0 Å². The van der Waals surface area contributed by atoms with Crippen molar-refractivity contribution in [3.63, 3.8) is 0 Å². The molecule has 1 fully saturated rings. The Morgan fingerprint density at radius 1 is 0.958 bits per heavy atom. The monoisotopic (exact) mass is 345 g/mol. The lowest BCUT2D eigenvalue weighted by atomic mass is 10.00. The van der Waals surface area contributed by atoms with E-state index in [9.17, 15) is 8.42 Å². The van der Waals surface area contributed by atoms with Gasteiger partial charge in [-0.3, -0.25) is 0 Å². The van der Waals surface area contributed by atoms with Crippen molar-refractivity contribution >= 4 is 26.7 Å². The van der Waals surface area contributed by atoms with Gasteiger partial charge in [0.15, 0.2) is 0 Å². The van der Waals surface area contributed by atoms with Crippen LogP contribution in [0.15, 0.2) is 36.5 Å². The molecule has 2 aliphatic rings. The predicted molar refractivity (Wildman–Crippen MR) is 96.8 cm³/mol. The van der Waals surface area contributed by atoms with Gasteiger partial charge in [-0.25, -0.2) is 0 Å². The first-order chi connectivity index (χ1) is 11.7. The summed E-state index contributed by atoms with van der Waals surface area (Å²) in [6.45, 7) is 2.35. The van der Waals surface area contributed by atoms with Crippen LogP contribution in [0.2, 0.25) is 0 Å². The first-order valence-electron chi connectivity index (χ1n) is 8.67. The molecule has 128 valence electrons. The number of H-pyrrole nitrogens is 1. The first-order valence-corrected chi connectivity index (χ1v) is 10.1. The smallest absolute Gasteiger partial charge is 0.282 e. The molecule has 1 aromatic carbocycles. The van der Waals surface area contributed by atoms with Crippen molar-refractivity contribution in [1.29, 1.82) is 0 Å². The van der Waals surface area contributed by atoms with Crippen LogP contribution in [0, 0.1) is 0 Å². The summed E-state index contributed by atoms with van der Waals surface area (Å²) >= 11 is 0. The molecule has 2 aromatic rings. The molecule has 3 heterocycles. The number of rotatable bonds is 3. The molecule has 0 atom stereocenters. The molecular formula is C18H23N3O2S. The normalized spacial score (nSPS) is 21.1. The van der Waals surface area contributed by atoms with E-state index in [-0.39, 0.29) is 0 Å². The Morgan fingerprint density at radius 2 is 1.75 bits per heavy atom. The van der Waals surface area contributed by atoms with E-state index in [1.54, 1.807) is 8.61 Å². The van der Waals surface area contributed by atoms with Gasteiger partial charge in [-0.2, -0.15) is 17.0 Å². The molecular weight excluding hydrogens is 322 g/mol. The van der Waals surface area contributed by atoms with Crippen LogP contribution in [0.25, 0.3) is 16.5 Å². The Bertz CT molecular complexity index is 863. The zero-order chi connectivity index (χ0) is 16.6. The third-order valence-electron chi connectivity index (χ3n) is 5.07. The lowest BCUT2D eigenvalue weighted by Crippen LogP contribution is -2.47. The molecule has 0 saturated carbocycles.